The van der Waals surface area contributed by atoms with Gasteiger partial charge in [-0.05, 0) is 67.4 Å². The van der Waals surface area contributed by atoms with Gasteiger partial charge >= 0.3 is 0 Å². The van der Waals surface area contributed by atoms with Crippen LogP contribution in [-0.4, -0.2) is 39.5 Å². The molecule has 2 amide bonds. The van der Waals surface area contributed by atoms with Crippen molar-refractivity contribution in [1.82, 2.24) is 20.3 Å². The molecule has 0 bridgehead atoms. The van der Waals surface area contributed by atoms with Crippen LogP contribution in [0.1, 0.15) is 32.4 Å². The van der Waals surface area contributed by atoms with Crippen molar-refractivity contribution >= 4 is 39.9 Å². The number of carbonyl (C=O) groups is 2. The molecule has 0 radical (unpaired) electrons. The van der Waals surface area contributed by atoms with E-state index >= 15 is 0 Å². The maximum Gasteiger partial charge on any atom is 0.249 e. The number of rotatable bonds is 7. The molecule has 0 fully saturated rings. The van der Waals surface area contributed by atoms with Gasteiger partial charge in [0.25, 0.3) is 0 Å². The van der Waals surface area contributed by atoms with Gasteiger partial charge in [0, 0.05) is 5.54 Å². The maximum atomic E-state index is 13.9. The SMILES string of the molecule is COc1ccccc1N(C(=O)Cn1nnc2ccccc21)[C@@H](C(=O)NC(C)(C)C)c1ccsc1. The van der Waals surface area contributed by atoms with Crippen LogP contribution in [0.3, 0.4) is 0 Å². The summed E-state index contributed by atoms with van der Waals surface area (Å²) in [7, 11) is 1.54. The predicted molar refractivity (Wildman–Crippen MR) is 133 cm³/mol. The number of hydrogen-bond acceptors (Lipinski definition) is 6. The number of nitrogens with zero attached hydrogens (tertiary/aromatic N) is 4. The molecule has 4 rings (SSSR count). The summed E-state index contributed by atoms with van der Waals surface area (Å²) < 4.78 is 7.12. The van der Waals surface area contributed by atoms with Crippen molar-refractivity contribution in [3.05, 3.63) is 70.9 Å². The van der Waals surface area contributed by atoms with E-state index in [2.05, 4.69) is 15.6 Å². The second-order valence-electron chi connectivity index (χ2n) is 8.87. The summed E-state index contributed by atoms with van der Waals surface area (Å²) in [5.41, 5.74) is 2.17. The molecule has 0 aliphatic carbocycles. The largest absolute Gasteiger partial charge is 0.495 e. The van der Waals surface area contributed by atoms with E-state index in [-0.39, 0.29) is 18.4 Å². The summed E-state index contributed by atoms with van der Waals surface area (Å²) in [4.78, 5) is 29.0. The Morgan fingerprint density at radius 3 is 2.56 bits per heavy atom. The molecule has 4 aromatic rings. The number of hydrogen-bond donors (Lipinski definition) is 1. The third kappa shape index (κ3) is 4.94. The van der Waals surface area contributed by atoms with Crippen LogP contribution in [0.2, 0.25) is 0 Å². The normalized spacial score (nSPS) is 12.4. The summed E-state index contributed by atoms with van der Waals surface area (Å²) in [6.07, 6.45) is 0. The Bertz CT molecular complexity index is 1290. The van der Waals surface area contributed by atoms with Gasteiger partial charge in [-0.25, -0.2) is 4.68 Å². The molecule has 1 N–H and O–H groups in total. The lowest BCUT2D eigenvalue weighted by atomic mass is 10.0. The standard InChI is InChI=1S/C25H27N5O3S/c1-25(2,3)26-24(32)23(17-13-14-34-16-17)30(20-11-7-8-12-21(20)33-4)22(31)15-29-19-10-6-5-9-18(19)27-28-29/h5-14,16,23H,15H2,1-4H3,(H,26,32)/t23-/m1/s1. The highest BCUT2D eigenvalue weighted by atomic mass is 32.1. The van der Waals surface area contributed by atoms with Crippen LogP contribution in [-0.2, 0) is 16.1 Å². The zero-order valence-electron chi connectivity index (χ0n) is 19.6. The van der Waals surface area contributed by atoms with Gasteiger partial charge in [0.05, 0.1) is 18.3 Å². The number of nitrogens with one attached hydrogen (secondary N) is 1. The van der Waals surface area contributed by atoms with E-state index < -0.39 is 11.6 Å². The Hall–Kier alpha value is -3.72. The first-order valence-corrected chi connectivity index (χ1v) is 11.8. The lowest BCUT2D eigenvalue weighted by Gasteiger charge is -2.34. The lowest BCUT2D eigenvalue weighted by molar-refractivity contribution is -0.128. The average Bonchev–Trinajstić information content (AvgIpc) is 3.46. The number of benzene rings is 2. The van der Waals surface area contributed by atoms with Gasteiger partial charge in [-0.1, -0.05) is 29.5 Å². The Morgan fingerprint density at radius 1 is 1.12 bits per heavy atom. The van der Waals surface area contributed by atoms with E-state index in [0.717, 1.165) is 11.1 Å². The molecule has 2 heterocycles. The van der Waals surface area contributed by atoms with E-state index in [1.54, 1.807) is 23.9 Å². The van der Waals surface area contributed by atoms with E-state index in [1.165, 1.54) is 16.2 Å². The first-order valence-electron chi connectivity index (χ1n) is 10.9. The van der Waals surface area contributed by atoms with Crippen LogP contribution in [0.15, 0.2) is 65.4 Å². The number of thiophene rings is 1. The smallest absolute Gasteiger partial charge is 0.249 e. The Kier molecular flexibility index (Phi) is 6.65. The quantitative estimate of drug-likeness (QED) is 0.431. The van der Waals surface area contributed by atoms with Gasteiger partial charge in [-0.2, -0.15) is 11.3 Å². The molecule has 1 atom stereocenters. The van der Waals surface area contributed by atoms with E-state index in [4.69, 9.17) is 4.74 Å². The molecular weight excluding hydrogens is 450 g/mol. The Labute approximate surface area is 202 Å². The number of ether oxygens (including phenoxy) is 1. The molecule has 9 heteroatoms. The topological polar surface area (TPSA) is 89.3 Å². The van der Waals surface area contributed by atoms with Crippen LogP contribution < -0.4 is 15.0 Å². The van der Waals surface area contributed by atoms with Gasteiger partial charge in [0.1, 0.15) is 23.9 Å². The number of aromatic nitrogens is 3. The number of anilines is 1. The third-order valence-electron chi connectivity index (χ3n) is 5.18. The molecule has 176 valence electrons. The summed E-state index contributed by atoms with van der Waals surface area (Å²) >= 11 is 1.47. The summed E-state index contributed by atoms with van der Waals surface area (Å²) in [6, 6.07) is 15.6. The molecule has 8 nitrogen and oxygen atoms in total. The molecule has 0 spiro atoms. The maximum absolute atomic E-state index is 13.9. The van der Waals surface area contributed by atoms with Crippen molar-refractivity contribution in [1.29, 1.82) is 0 Å². The second kappa shape index (κ2) is 9.64. The van der Waals surface area contributed by atoms with Gasteiger partial charge in [0.15, 0.2) is 0 Å². The Balaban J connectivity index is 1.82. The number of methoxy groups -OCH3 is 1. The zero-order valence-corrected chi connectivity index (χ0v) is 20.4. The molecule has 0 unspecified atom stereocenters. The van der Waals surface area contributed by atoms with E-state index in [1.807, 2.05) is 74.0 Å². The first-order chi connectivity index (χ1) is 16.3. The molecule has 2 aromatic carbocycles. The van der Waals surface area contributed by atoms with Gasteiger partial charge in [-0.15, -0.1) is 5.10 Å². The third-order valence-corrected chi connectivity index (χ3v) is 5.88. The fraction of sp³-hybridized carbons (Fsp3) is 0.280. The van der Waals surface area contributed by atoms with Gasteiger partial charge in [-0.3, -0.25) is 14.5 Å². The summed E-state index contributed by atoms with van der Waals surface area (Å²) in [5, 5.41) is 15.1. The van der Waals surface area contributed by atoms with Crippen LogP contribution in [0, 0.1) is 0 Å². The van der Waals surface area contributed by atoms with Crippen molar-refractivity contribution < 1.29 is 14.3 Å². The highest BCUT2D eigenvalue weighted by Crippen LogP contribution is 2.36. The van der Waals surface area contributed by atoms with Crippen molar-refractivity contribution in [2.24, 2.45) is 0 Å². The van der Waals surface area contributed by atoms with Crippen LogP contribution in [0.25, 0.3) is 11.0 Å². The molecule has 0 aliphatic heterocycles. The van der Waals surface area contributed by atoms with Crippen molar-refractivity contribution in [2.45, 2.75) is 38.9 Å². The van der Waals surface area contributed by atoms with Gasteiger partial charge in [0.2, 0.25) is 11.8 Å². The minimum absolute atomic E-state index is 0.0952. The van der Waals surface area contributed by atoms with E-state index in [9.17, 15) is 9.59 Å². The Morgan fingerprint density at radius 2 is 1.85 bits per heavy atom. The highest BCUT2D eigenvalue weighted by Gasteiger charge is 2.36. The van der Waals surface area contributed by atoms with Crippen LogP contribution in [0.4, 0.5) is 5.69 Å². The van der Waals surface area contributed by atoms with Crippen LogP contribution in [0.5, 0.6) is 5.75 Å². The van der Waals surface area contributed by atoms with Gasteiger partial charge < -0.3 is 10.1 Å². The molecule has 2 aromatic heterocycles. The first kappa shape index (κ1) is 23.4. The predicted octanol–water partition coefficient (Wildman–Crippen LogP) is 4.19. The lowest BCUT2D eigenvalue weighted by Crippen LogP contribution is -2.50. The minimum atomic E-state index is -0.899. The monoisotopic (exact) mass is 477 g/mol. The summed E-state index contributed by atoms with van der Waals surface area (Å²) in [5.74, 6) is -0.114. The number of carbonyl (C=O) groups excluding carboxylic acids is 2. The summed E-state index contributed by atoms with van der Waals surface area (Å²) in [6.45, 7) is 5.63. The molecule has 0 saturated heterocycles. The molecule has 34 heavy (non-hydrogen) atoms. The zero-order chi connectivity index (χ0) is 24.3. The number of para-hydroxylation sites is 3. The minimum Gasteiger partial charge on any atom is -0.495 e. The van der Waals surface area contributed by atoms with E-state index in [0.29, 0.717) is 17.0 Å². The van der Waals surface area contributed by atoms with Crippen molar-refractivity contribution in [2.75, 3.05) is 12.0 Å². The highest BCUT2D eigenvalue weighted by molar-refractivity contribution is 7.08. The average molecular weight is 478 g/mol. The molecule has 0 aliphatic rings. The fourth-order valence-corrected chi connectivity index (χ4v) is 4.45. The molecular formula is C25H27N5O3S. The van der Waals surface area contributed by atoms with Crippen molar-refractivity contribution in [3.8, 4) is 5.75 Å². The number of fused-ring (bicyclic) bond motifs is 1. The van der Waals surface area contributed by atoms with Crippen molar-refractivity contribution in [3.63, 3.8) is 0 Å². The number of amides is 2. The fourth-order valence-electron chi connectivity index (χ4n) is 3.77. The van der Waals surface area contributed by atoms with Crippen LogP contribution >= 0.6 is 11.3 Å². The second-order valence-corrected chi connectivity index (χ2v) is 9.65. The molecule has 0 saturated carbocycles.